The Hall–Kier alpha value is -3.92. The molecule has 6 nitrogen and oxygen atoms in total. The number of nitrogens with one attached hydrogen (secondary N) is 1. The number of nitrogens with zero attached hydrogens (tertiary/aromatic N) is 1. The Labute approximate surface area is 191 Å². The highest BCUT2D eigenvalue weighted by Gasteiger charge is 2.36. The van der Waals surface area contributed by atoms with Gasteiger partial charge in [0, 0.05) is 5.56 Å². The van der Waals surface area contributed by atoms with Crippen molar-refractivity contribution in [3.8, 4) is 17.1 Å². The van der Waals surface area contributed by atoms with Gasteiger partial charge in [0.25, 0.3) is 11.8 Å². The minimum absolute atomic E-state index is 0.105. The summed E-state index contributed by atoms with van der Waals surface area (Å²) in [5.74, 6) is -0.811. The topological polar surface area (TPSA) is 71.8 Å². The van der Waals surface area contributed by atoms with Gasteiger partial charge in [0.2, 0.25) is 0 Å². The van der Waals surface area contributed by atoms with Crippen molar-refractivity contribution >= 4 is 40.9 Å². The average Bonchev–Trinajstić information content (AvgIpc) is 3.25. The number of carbonyl (C=O) groups is 2. The van der Waals surface area contributed by atoms with Gasteiger partial charge < -0.3 is 9.15 Å². The number of hydrogen-bond donors (Lipinski definition) is 1. The Balaban J connectivity index is 1.68. The number of furan rings is 1. The summed E-state index contributed by atoms with van der Waals surface area (Å²) in [6.45, 7) is 0. The monoisotopic (exact) mass is 472 g/mol. The number of para-hydroxylation sites is 2. The first-order chi connectivity index (χ1) is 15.7. The number of rotatable bonds is 4. The van der Waals surface area contributed by atoms with E-state index in [9.17, 15) is 22.8 Å². The molecule has 1 fully saturated rings. The number of ether oxygens (including phenoxy) is 1. The highest BCUT2D eigenvalue weighted by Crippen LogP contribution is 2.34. The number of benzene rings is 2. The summed E-state index contributed by atoms with van der Waals surface area (Å²) in [6, 6.07) is 14.2. The number of methoxy groups -OCH3 is 1. The van der Waals surface area contributed by atoms with E-state index in [-0.39, 0.29) is 27.8 Å². The van der Waals surface area contributed by atoms with Crippen molar-refractivity contribution in [3.63, 3.8) is 0 Å². The molecule has 0 saturated carbocycles. The molecule has 168 valence electrons. The molecule has 0 spiro atoms. The van der Waals surface area contributed by atoms with Crippen LogP contribution in [0.15, 0.2) is 70.7 Å². The van der Waals surface area contributed by atoms with E-state index < -0.39 is 23.6 Å². The van der Waals surface area contributed by atoms with Crippen LogP contribution < -0.4 is 15.0 Å². The normalized spacial score (nSPS) is 15.7. The Morgan fingerprint density at radius 2 is 1.82 bits per heavy atom. The predicted molar refractivity (Wildman–Crippen MR) is 118 cm³/mol. The number of alkyl halides is 3. The number of amides is 2. The standard InChI is InChI=1S/C23H15F3N2O4S/c1-31-19-8-3-2-7-17(19)28-21(30)16(20(29)27-22(28)33)12-15-9-10-18(32-15)13-5-4-6-14(11-13)23(24,25)26/h2-12H,1H3,(H,27,29,33)/b16-12+. The van der Waals surface area contributed by atoms with Crippen molar-refractivity contribution in [2.45, 2.75) is 6.18 Å². The van der Waals surface area contributed by atoms with E-state index in [1.807, 2.05) is 0 Å². The second-order valence-corrected chi connectivity index (χ2v) is 7.30. The third-order valence-corrected chi connectivity index (χ3v) is 5.10. The van der Waals surface area contributed by atoms with E-state index >= 15 is 0 Å². The molecule has 10 heteroatoms. The Bertz CT molecular complexity index is 1300. The molecular weight excluding hydrogens is 457 g/mol. The zero-order valence-electron chi connectivity index (χ0n) is 17.0. The summed E-state index contributed by atoms with van der Waals surface area (Å²) in [5, 5.41) is 2.33. The maximum absolute atomic E-state index is 13.1. The smallest absolute Gasteiger partial charge is 0.416 e. The van der Waals surface area contributed by atoms with Crippen molar-refractivity contribution in [1.82, 2.24) is 5.32 Å². The predicted octanol–water partition coefficient (Wildman–Crippen LogP) is 4.81. The Morgan fingerprint density at radius 1 is 1.06 bits per heavy atom. The quantitative estimate of drug-likeness (QED) is 0.335. The summed E-state index contributed by atoms with van der Waals surface area (Å²) in [7, 11) is 1.43. The minimum Gasteiger partial charge on any atom is -0.495 e. The van der Waals surface area contributed by atoms with Crippen molar-refractivity contribution in [1.29, 1.82) is 0 Å². The van der Waals surface area contributed by atoms with E-state index in [4.69, 9.17) is 21.4 Å². The van der Waals surface area contributed by atoms with Gasteiger partial charge in [-0.15, -0.1) is 0 Å². The minimum atomic E-state index is -4.50. The molecule has 1 saturated heterocycles. The summed E-state index contributed by atoms with van der Waals surface area (Å²) in [6.07, 6.45) is -3.29. The molecule has 2 aromatic carbocycles. The molecule has 0 atom stereocenters. The largest absolute Gasteiger partial charge is 0.495 e. The van der Waals surface area contributed by atoms with Gasteiger partial charge in [-0.2, -0.15) is 13.2 Å². The summed E-state index contributed by atoms with van der Waals surface area (Å²) in [5.41, 5.74) is -0.547. The lowest BCUT2D eigenvalue weighted by molar-refractivity contribution is -0.137. The molecule has 1 N–H and O–H groups in total. The van der Waals surface area contributed by atoms with Gasteiger partial charge >= 0.3 is 6.18 Å². The molecule has 0 radical (unpaired) electrons. The van der Waals surface area contributed by atoms with Crippen LogP contribution in [0.2, 0.25) is 0 Å². The van der Waals surface area contributed by atoms with Crippen molar-refractivity contribution in [2.75, 3.05) is 12.0 Å². The molecule has 4 rings (SSSR count). The van der Waals surface area contributed by atoms with E-state index in [2.05, 4.69) is 5.32 Å². The molecule has 1 aromatic heterocycles. The molecule has 1 aliphatic heterocycles. The fourth-order valence-electron chi connectivity index (χ4n) is 3.27. The van der Waals surface area contributed by atoms with Crippen molar-refractivity contribution in [2.24, 2.45) is 0 Å². The van der Waals surface area contributed by atoms with Crippen LogP contribution in [0.3, 0.4) is 0 Å². The van der Waals surface area contributed by atoms with Gasteiger partial charge in [0.1, 0.15) is 22.8 Å². The second-order valence-electron chi connectivity index (χ2n) is 6.91. The third kappa shape index (κ3) is 4.37. The molecule has 2 heterocycles. The Morgan fingerprint density at radius 3 is 2.55 bits per heavy atom. The highest BCUT2D eigenvalue weighted by molar-refractivity contribution is 7.80. The first-order valence-electron chi connectivity index (χ1n) is 9.51. The molecule has 3 aromatic rings. The zero-order chi connectivity index (χ0) is 23.8. The van der Waals surface area contributed by atoms with Gasteiger partial charge in [-0.25, -0.2) is 4.90 Å². The van der Waals surface area contributed by atoms with Crippen LogP contribution in [0.1, 0.15) is 11.3 Å². The van der Waals surface area contributed by atoms with Crippen LogP contribution in [0.5, 0.6) is 5.75 Å². The molecule has 0 unspecified atom stereocenters. The van der Waals surface area contributed by atoms with Crippen LogP contribution in [0.25, 0.3) is 17.4 Å². The van der Waals surface area contributed by atoms with Gasteiger partial charge in [0.15, 0.2) is 5.11 Å². The van der Waals surface area contributed by atoms with Crippen LogP contribution >= 0.6 is 12.2 Å². The SMILES string of the molecule is COc1ccccc1N1C(=O)/C(=C/c2ccc(-c3cccc(C(F)(F)F)c3)o2)C(=O)NC1=S. The molecule has 0 bridgehead atoms. The first-order valence-corrected chi connectivity index (χ1v) is 9.92. The van der Waals surface area contributed by atoms with Gasteiger partial charge in [-0.3, -0.25) is 14.9 Å². The Kier molecular flexibility index (Phi) is 5.77. The molecule has 2 amide bonds. The number of thiocarbonyl (C=S) groups is 1. The summed E-state index contributed by atoms with van der Waals surface area (Å²) >= 11 is 5.17. The van der Waals surface area contributed by atoms with Crippen LogP contribution in [0.4, 0.5) is 18.9 Å². The summed E-state index contributed by atoms with van der Waals surface area (Å²) < 4.78 is 49.9. The van der Waals surface area contributed by atoms with Gasteiger partial charge in [-0.05, 0) is 54.7 Å². The van der Waals surface area contributed by atoms with E-state index in [1.54, 1.807) is 24.3 Å². The summed E-state index contributed by atoms with van der Waals surface area (Å²) in [4.78, 5) is 26.7. The lowest BCUT2D eigenvalue weighted by Gasteiger charge is -2.29. The van der Waals surface area contributed by atoms with E-state index in [0.717, 1.165) is 17.0 Å². The van der Waals surface area contributed by atoms with Crippen LogP contribution in [0, 0.1) is 0 Å². The third-order valence-electron chi connectivity index (χ3n) is 4.82. The average molecular weight is 472 g/mol. The number of hydrogen-bond acceptors (Lipinski definition) is 5. The number of anilines is 1. The lowest BCUT2D eigenvalue weighted by atomic mass is 10.1. The number of halogens is 3. The molecule has 33 heavy (non-hydrogen) atoms. The fourth-order valence-corrected chi connectivity index (χ4v) is 3.54. The van der Waals surface area contributed by atoms with Crippen molar-refractivity contribution < 1.29 is 31.9 Å². The lowest BCUT2D eigenvalue weighted by Crippen LogP contribution is -2.54. The van der Waals surface area contributed by atoms with Gasteiger partial charge in [0.05, 0.1) is 18.4 Å². The maximum Gasteiger partial charge on any atom is 0.416 e. The van der Waals surface area contributed by atoms with Crippen LogP contribution in [-0.2, 0) is 15.8 Å². The van der Waals surface area contributed by atoms with Crippen LogP contribution in [-0.4, -0.2) is 24.0 Å². The number of carbonyl (C=O) groups excluding carboxylic acids is 2. The first kappa shape index (κ1) is 22.3. The highest BCUT2D eigenvalue weighted by atomic mass is 32.1. The molecular formula is C23H15F3N2O4S. The van der Waals surface area contributed by atoms with E-state index in [1.165, 1.54) is 37.5 Å². The van der Waals surface area contributed by atoms with Crippen molar-refractivity contribution in [3.05, 3.63) is 77.6 Å². The maximum atomic E-state index is 13.1. The molecule has 1 aliphatic rings. The zero-order valence-corrected chi connectivity index (χ0v) is 17.8. The van der Waals surface area contributed by atoms with E-state index in [0.29, 0.717) is 11.4 Å². The van der Waals surface area contributed by atoms with Gasteiger partial charge in [-0.1, -0.05) is 24.3 Å². The second kappa shape index (κ2) is 8.55. The molecule has 0 aliphatic carbocycles. The fraction of sp³-hybridized carbons (Fsp3) is 0.0870.